The zero-order valence-electron chi connectivity index (χ0n) is 14.3. The van der Waals surface area contributed by atoms with Crippen LogP contribution in [0.1, 0.15) is 34.1 Å². The van der Waals surface area contributed by atoms with Crippen molar-refractivity contribution in [2.24, 2.45) is 0 Å². The van der Waals surface area contributed by atoms with Crippen molar-refractivity contribution in [2.75, 3.05) is 11.4 Å². The fourth-order valence-corrected chi connectivity index (χ4v) is 3.53. The minimum Gasteiger partial charge on any atom is -0.360 e. The summed E-state index contributed by atoms with van der Waals surface area (Å²) in [6, 6.07) is 20.2. The number of hydrogen-bond acceptors (Lipinski definition) is 4. The Morgan fingerprint density at radius 1 is 1.23 bits per heavy atom. The molecule has 0 radical (unpaired) electrons. The number of aromatic nitrogens is 1. The van der Waals surface area contributed by atoms with Crippen LogP contribution in [0.15, 0.2) is 59.1 Å². The Labute approximate surface area is 151 Å². The minimum atomic E-state index is -0.0827. The molecule has 1 aliphatic heterocycles. The van der Waals surface area contributed by atoms with Crippen molar-refractivity contribution in [2.45, 2.75) is 19.3 Å². The standard InChI is InChI=1S/C21H17N3O2/c1-14-17(12-22)19(23-26-14)11-21(25)24-13-18(15-7-3-2-4-8-15)16-9-5-6-10-20(16)24/h2-10,18H,11,13H2,1H3/t18-/m0/s1. The topological polar surface area (TPSA) is 70.1 Å². The lowest BCUT2D eigenvalue weighted by atomic mass is 9.93. The third kappa shape index (κ3) is 2.66. The quantitative estimate of drug-likeness (QED) is 0.729. The summed E-state index contributed by atoms with van der Waals surface area (Å²) in [6.07, 6.45) is 0.0517. The van der Waals surface area contributed by atoms with Crippen molar-refractivity contribution in [3.63, 3.8) is 0 Å². The second-order valence-corrected chi connectivity index (χ2v) is 6.38. The van der Waals surface area contributed by atoms with Crippen molar-refractivity contribution in [1.29, 1.82) is 5.26 Å². The monoisotopic (exact) mass is 343 g/mol. The number of benzene rings is 2. The van der Waals surface area contributed by atoms with Crippen LogP contribution in [0.5, 0.6) is 0 Å². The van der Waals surface area contributed by atoms with Crippen molar-refractivity contribution in [1.82, 2.24) is 5.16 Å². The first-order chi connectivity index (χ1) is 12.7. The normalized spacial score (nSPS) is 15.5. The molecule has 1 amide bonds. The summed E-state index contributed by atoms with van der Waals surface area (Å²) in [6.45, 7) is 2.26. The number of rotatable bonds is 3. The molecule has 0 bridgehead atoms. The van der Waals surface area contributed by atoms with Gasteiger partial charge in [-0.25, -0.2) is 0 Å². The molecule has 0 saturated carbocycles. The van der Waals surface area contributed by atoms with E-state index in [1.807, 2.05) is 36.4 Å². The van der Waals surface area contributed by atoms with Crippen LogP contribution in [0.25, 0.3) is 0 Å². The van der Waals surface area contributed by atoms with Crippen molar-refractivity contribution in [3.05, 3.63) is 82.7 Å². The van der Waals surface area contributed by atoms with E-state index in [1.165, 1.54) is 5.56 Å². The number of aryl methyl sites for hydroxylation is 1. The van der Waals surface area contributed by atoms with Gasteiger partial charge in [0.15, 0.2) is 5.76 Å². The molecule has 5 heteroatoms. The van der Waals surface area contributed by atoms with Crippen LogP contribution in [0.2, 0.25) is 0 Å². The van der Waals surface area contributed by atoms with Crippen LogP contribution in [0.4, 0.5) is 5.69 Å². The molecule has 4 rings (SSSR count). The molecule has 0 unspecified atom stereocenters. The Morgan fingerprint density at radius 3 is 2.73 bits per heavy atom. The fourth-order valence-electron chi connectivity index (χ4n) is 3.53. The highest BCUT2D eigenvalue weighted by molar-refractivity contribution is 5.97. The van der Waals surface area contributed by atoms with E-state index in [1.54, 1.807) is 11.8 Å². The predicted molar refractivity (Wildman–Crippen MR) is 96.7 cm³/mol. The average Bonchev–Trinajstić information content (AvgIpc) is 3.23. The summed E-state index contributed by atoms with van der Waals surface area (Å²) in [4.78, 5) is 14.8. The van der Waals surface area contributed by atoms with Gasteiger partial charge < -0.3 is 9.42 Å². The molecule has 1 aromatic heterocycles. The lowest BCUT2D eigenvalue weighted by Crippen LogP contribution is -2.31. The maximum absolute atomic E-state index is 13.0. The van der Waals surface area contributed by atoms with E-state index in [0.29, 0.717) is 23.6 Å². The van der Waals surface area contributed by atoms with Crippen LogP contribution in [0, 0.1) is 18.3 Å². The number of fused-ring (bicyclic) bond motifs is 1. The Kier molecular flexibility index (Phi) is 4.02. The van der Waals surface area contributed by atoms with Crippen LogP contribution in [0.3, 0.4) is 0 Å². The molecule has 1 atom stereocenters. The summed E-state index contributed by atoms with van der Waals surface area (Å²) in [5, 5.41) is 13.1. The van der Waals surface area contributed by atoms with Gasteiger partial charge in [0, 0.05) is 18.2 Å². The molecule has 0 fully saturated rings. The Morgan fingerprint density at radius 2 is 1.96 bits per heavy atom. The van der Waals surface area contributed by atoms with Crippen LogP contribution < -0.4 is 4.90 Å². The molecule has 26 heavy (non-hydrogen) atoms. The third-order valence-corrected chi connectivity index (χ3v) is 4.83. The highest BCUT2D eigenvalue weighted by Gasteiger charge is 2.33. The van der Waals surface area contributed by atoms with Gasteiger partial charge in [0.1, 0.15) is 17.3 Å². The van der Waals surface area contributed by atoms with Gasteiger partial charge in [0.2, 0.25) is 5.91 Å². The number of amides is 1. The predicted octanol–water partition coefficient (Wildman–Crippen LogP) is 3.58. The van der Waals surface area contributed by atoms with Crippen LogP contribution in [-0.4, -0.2) is 17.6 Å². The molecule has 0 saturated heterocycles. The van der Waals surface area contributed by atoms with Gasteiger partial charge in [-0.2, -0.15) is 5.26 Å². The number of carbonyl (C=O) groups is 1. The van der Waals surface area contributed by atoms with Gasteiger partial charge in [-0.3, -0.25) is 4.79 Å². The van der Waals surface area contributed by atoms with E-state index in [4.69, 9.17) is 4.52 Å². The van der Waals surface area contributed by atoms with Crippen LogP contribution in [-0.2, 0) is 11.2 Å². The zero-order chi connectivity index (χ0) is 18.1. The molecule has 5 nitrogen and oxygen atoms in total. The summed E-state index contributed by atoms with van der Waals surface area (Å²) in [5.74, 6) is 0.505. The molecule has 0 spiro atoms. The van der Waals surface area contributed by atoms with Gasteiger partial charge in [0.25, 0.3) is 0 Å². The summed E-state index contributed by atoms with van der Waals surface area (Å²) < 4.78 is 5.07. The summed E-state index contributed by atoms with van der Waals surface area (Å²) in [5.41, 5.74) is 4.00. The Hall–Kier alpha value is -3.39. The maximum Gasteiger partial charge on any atom is 0.233 e. The third-order valence-electron chi connectivity index (χ3n) is 4.83. The average molecular weight is 343 g/mol. The van der Waals surface area contributed by atoms with E-state index in [2.05, 4.69) is 29.4 Å². The van der Waals surface area contributed by atoms with Gasteiger partial charge in [0.05, 0.1) is 6.42 Å². The smallest absolute Gasteiger partial charge is 0.233 e. The number of nitriles is 1. The molecular formula is C21H17N3O2. The number of carbonyl (C=O) groups excluding carboxylic acids is 1. The van der Waals surface area contributed by atoms with Gasteiger partial charge in [-0.1, -0.05) is 53.7 Å². The van der Waals surface area contributed by atoms with E-state index < -0.39 is 0 Å². The van der Waals surface area contributed by atoms with Gasteiger partial charge in [-0.15, -0.1) is 0 Å². The second kappa shape index (κ2) is 6.49. The Balaban J connectivity index is 1.65. The second-order valence-electron chi connectivity index (χ2n) is 6.38. The first-order valence-corrected chi connectivity index (χ1v) is 8.48. The zero-order valence-corrected chi connectivity index (χ0v) is 14.3. The van der Waals surface area contributed by atoms with E-state index >= 15 is 0 Å². The largest absolute Gasteiger partial charge is 0.360 e. The molecular weight excluding hydrogens is 326 g/mol. The highest BCUT2D eigenvalue weighted by atomic mass is 16.5. The molecule has 0 N–H and O–H groups in total. The van der Waals surface area contributed by atoms with Gasteiger partial charge >= 0.3 is 0 Å². The molecule has 1 aliphatic rings. The van der Waals surface area contributed by atoms with Gasteiger partial charge in [-0.05, 0) is 24.1 Å². The molecule has 128 valence electrons. The van der Waals surface area contributed by atoms with Crippen molar-refractivity contribution >= 4 is 11.6 Å². The number of para-hydroxylation sites is 1. The Bertz CT molecular complexity index is 1000. The van der Waals surface area contributed by atoms with E-state index in [0.717, 1.165) is 11.3 Å². The molecule has 3 aromatic rings. The maximum atomic E-state index is 13.0. The highest BCUT2D eigenvalue weighted by Crippen LogP contribution is 2.40. The lowest BCUT2D eigenvalue weighted by molar-refractivity contribution is -0.118. The van der Waals surface area contributed by atoms with E-state index in [-0.39, 0.29) is 18.2 Å². The summed E-state index contributed by atoms with van der Waals surface area (Å²) in [7, 11) is 0. The first kappa shape index (κ1) is 16.1. The number of nitrogens with zero attached hydrogens (tertiary/aromatic N) is 3. The first-order valence-electron chi connectivity index (χ1n) is 8.48. The van der Waals surface area contributed by atoms with Crippen molar-refractivity contribution in [3.8, 4) is 6.07 Å². The van der Waals surface area contributed by atoms with E-state index in [9.17, 15) is 10.1 Å². The SMILES string of the molecule is Cc1onc(CC(=O)N2C[C@@H](c3ccccc3)c3ccccc32)c1C#N. The molecule has 2 heterocycles. The number of hydrogen-bond donors (Lipinski definition) is 0. The molecule has 0 aliphatic carbocycles. The van der Waals surface area contributed by atoms with Crippen molar-refractivity contribution < 1.29 is 9.32 Å². The minimum absolute atomic E-state index is 0.0517. The number of anilines is 1. The fraction of sp³-hybridized carbons (Fsp3) is 0.190. The lowest BCUT2D eigenvalue weighted by Gasteiger charge is -2.17. The summed E-state index contributed by atoms with van der Waals surface area (Å²) >= 11 is 0. The van der Waals surface area contributed by atoms with Crippen LogP contribution >= 0.6 is 0 Å². The molecule has 2 aromatic carbocycles.